The zero-order chi connectivity index (χ0) is 4.99. The number of halogens is 1. The first-order valence-electron chi connectivity index (χ1n) is 1.95. The van der Waals surface area contributed by atoms with Gasteiger partial charge in [0.05, 0.1) is 0 Å². The SMILES string of the molecule is CC(C)O[SiH2]Br. The van der Waals surface area contributed by atoms with Crippen molar-refractivity contribution in [1.29, 1.82) is 0 Å². The summed E-state index contributed by atoms with van der Waals surface area (Å²) in [7, 11) is -0.321. The van der Waals surface area contributed by atoms with E-state index in [-0.39, 0.29) is 8.38 Å². The number of hydrogen-bond donors (Lipinski definition) is 0. The molecule has 0 aliphatic heterocycles. The van der Waals surface area contributed by atoms with Gasteiger partial charge in [0.2, 0.25) is 8.38 Å². The first-order chi connectivity index (χ1) is 2.77. The Morgan fingerprint density at radius 3 is 2.17 bits per heavy atom. The molecule has 0 aliphatic rings. The van der Waals surface area contributed by atoms with Crippen LogP contribution < -0.4 is 0 Å². The third-order valence-corrected chi connectivity index (χ3v) is 1.98. The van der Waals surface area contributed by atoms with E-state index < -0.39 is 0 Å². The molecule has 0 bridgehead atoms. The predicted octanol–water partition coefficient (Wildman–Crippen LogP) is 0.805. The van der Waals surface area contributed by atoms with Crippen LogP contribution in [0.4, 0.5) is 0 Å². The highest BCUT2D eigenvalue weighted by Gasteiger charge is 1.85. The third-order valence-electron chi connectivity index (χ3n) is 0.396. The van der Waals surface area contributed by atoms with Crippen LogP contribution in [0.2, 0.25) is 0 Å². The molecule has 0 saturated carbocycles. The average molecular weight is 169 g/mol. The molecule has 0 rings (SSSR count). The summed E-state index contributed by atoms with van der Waals surface area (Å²) in [5.74, 6) is 0. The molecule has 0 unspecified atom stereocenters. The van der Waals surface area contributed by atoms with E-state index >= 15 is 0 Å². The summed E-state index contributed by atoms with van der Waals surface area (Å²) >= 11 is 3.27. The van der Waals surface area contributed by atoms with Gasteiger partial charge in [-0.1, -0.05) is 15.3 Å². The summed E-state index contributed by atoms with van der Waals surface area (Å²) in [6, 6.07) is 0. The van der Waals surface area contributed by atoms with Crippen LogP contribution in [0.5, 0.6) is 0 Å². The lowest BCUT2D eigenvalue weighted by Gasteiger charge is -1.99. The maximum Gasteiger partial charge on any atom is 0.232 e. The van der Waals surface area contributed by atoms with Gasteiger partial charge in [-0.25, -0.2) is 0 Å². The van der Waals surface area contributed by atoms with Crippen molar-refractivity contribution < 1.29 is 4.43 Å². The highest BCUT2D eigenvalue weighted by atomic mass is 79.9. The van der Waals surface area contributed by atoms with Crippen LogP contribution >= 0.6 is 15.3 Å². The van der Waals surface area contributed by atoms with Gasteiger partial charge in [-0.3, -0.25) is 0 Å². The second-order valence-electron chi connectivity index (χ2n) is 1.32. The minimum atomic E-state index is -0.321. The lowest BCUT2D eigenvalue weighted by atomic mass is 10.5. The molecule has 0 amide bonds. The van der Waals surface area contributed by atoms with Gasteiger partial charge >= 0.3 is 0 Å². The maximum absolute atomic E-state index is 5.10. The normalized spacial score (nSPS) is 12.0. The van der Waals surface area contributed by atoms with Crippen molar-refractivity contribution in [3.8, 4) is 0 Å². The van der Waals surface area contributed by atoms with Gasteiger partial charge in [0.15, 0.2) is 0 Å². The van der Waals surface area contributed by atoms with Crippen LogP contribution in [-0.2, 0) is 4.43 Å². The minimum Gasteiger partial charge on any atom is -0.410 e. The molecule has 38 valence electrons. The van der Waals surface area contributed by atoms with Gasteiger partial charge in [0.25, 0.3) is 0 Å². The monoisotopic (exact) mass is 168 g/mol. The summed E-state index contributed by atoms with van der Waals surface area (Å²) < 4.78 is 5.10. The number of hydrogen-bond acceptors (Lipinski definition) is 1. The molecule has 0 aliphatic carbocycles. The summed E-state index contributed by atoms with van der Waals surface area (Å²) in [5.41, 5.74) is 0. The molecule has 0 fully saturated rings. The molecular formula is C3H9BrOSi. The Morgan fingerprint density at radius 1 is 1.67 bits per heavy atom. The second kappa shape index (κ2) is 3.83. The molecule has 0 aromatic heterocycles. The Hall–Kier alpha value is 0.657. The maximum atomic E-state index is 5.10. The Labute approximate surface area is 48.6 Å². The Balaban J connectivity index is 2.63. The van der Waals surface area contributed by atoms with Gasteiger partial charge in [-0.05, 0) is 13.8 Å². The van der Waals surface area contributed by atoms with Gasteiger partial charge in [0, 0.05) is 6.10 Å². The van der Waals surface area contributed by atoms with Crippen molar-refractivity contribution >= 4 is 23.7 Å². The van der Waals surface area contributed by atoms with E-state index in [1.54, 1.807) is 0 Å². The highest BCUT2D eigenvalue weighted by molar-refractivity contribution is 9.23. The summed E-state index contributed by atoms with van der Waals surface area (Å²) in [4.78, 5) is 0. The Kier molecular flexibility index (Phi) is 4.25. The molecule has 0 heterocycles. The van der Waals surface area contributed by atoms with E-state index in [9.17, 15) is 0 Å². The van der Waals surface area contributed by atoms with Crippen LogP contribution in [0.15, 0.2) is 0 Å². The second-order valence-corrected chi connectivity index (χ2v) is 3.25. The van der Waals surface area contributed by atoms with Crippen molar-refractivity contribution in [1.82, 2.24) is 0 Å². The van der Waals surface area contributed by atoms with Gasteiger partial charge in [-0.15, -0.1) is 0 Å². The third kappa shape index (κ3) is 4.66. The van der Waals surface area contributed by atoms with Crippen molar-refractivity contribution in [2.45, 2.75) is 20.0 Å². The van der Waals surface area contributed by atoms with E-state index in [0.29, 0.717) is 6.10 Å². The molecule has 0 spiro atoms. The van der Waals surface area contributed by atoms with Crippen molar-refractivity contribution in [2.75, 3.05) is 0 Å². The van der Waals surface area contributed by atoms with Gasteiger partial charge < -0.3 is 4.43 Å². The van der Waals surface area contributed by atoms with Crippen LogP contribution in [-0.4, -0.2) is 14.5 Å². The molecule has 3 heteroatoms. The van der Waals surface area contributed by atoms with Gasteiger partial charge in [0.1, 0.15) is 0 Å². The predicted molar refractivity (Wildman–Crippen MR) is 33.7 cm³/mol. The zero-order valence-corrected chi connectivity index (χ0v) is 7.07. The summed E-state index contributed by atoms with van der Waals surface area (Å²) in [6.45, 7) is 4.07. The van der Waals surface area contributed by atoms with Gasteiger partial charge in [-0.2, -0.15) is 0 Å². The van der Waals surface area contributed by atoms with E-state index in [2.05, 4.69) is 15.3 Å². The van der Waals surface area contributed by atoms with E-state index in [4.69, 9.17) is 4.43 Å². The molecule has 6 heavy (non-hydrogen) atoms. The molecule has 0 N–H and O–H groups in total. The van der Waals surface area contributed by atoms with Crippen LogP contribution in [0.1, 0.15) is 13.8 Å². The van der Waals surface area contributed by atoms with E-state index in [1.165, 1.54) is 0 Å². The molecule has 0 atom stereocenters. The first-order valence-corrected chi connectivity index (χ1v) is 6.42. The van der Waals surface area contributed by atoms with Crippen molar-refractivity contribution in [2.24, 2.45) is 0 Å². The molecule has 0 aromatic rings. The average Bonchev–Trinajstić information content (AvgIpc) is 1.35. The molecule has 0 aromatic carbocycles. The summed E-state index contributed by atoms with van der Waals surface area (Å²) in [5, 5.41) is 0. The minimum absolute atomic E-state index is 0.321. The Morgan fingerprint density at radius 2 is 2.17 bits per heavy atom. The van der Waals surface area contributed by atoms with Crippen LogP contribution in [0.25, 0.3) is 0 Å². The fourth-order valence-electron chi connectivity index (χ4n) is 0.126. The topological polar surface area (TPSA) is 9.23 Å². The fourth-order valence-corrected chi connectivity index (χ4v) is 1.96. The fraction of sp³-hybridized carbons (Fsp3) is 1.00. The molecular weight excluding hydrogens is 160 g/mol. The largest absolute Gasteiger partial charge is 0.410 e. The molecule has 1 nitrogen and oxygen atoms in total. The standard InChI is InChI=1S/C3H9BrOSi/c1-3(2)5-6-4/h3H,6H2,1-2H3. The lowest BCUT2D eigenvalue weighted by Crippen LogP contribution is -2.00. The number of rotatable bonds is 2. The van der Waals surface area contributed by atoms with Crippen molar-refractivity contribution in [3.63, 3.8) is 0 Å². The van der Waals surface area contributed by atoms with Crippen LogP contribution in [0, 0.1) is 0 Å². The smallest absolute Gasteiger partial charge is 0.232 e. The highest BCUT2D eigenvalue weighted by Crippen LogP contribution is 1.86. The first kappa shape index (κ1) is 6.66. The molecule has 0 radical (unpaired) electrons. The summed E-state index contributed by atoms with van der Waals surface area (Å²) in [6.07, 6.45) is 0.413. The quantitative estimate of drug-likeness (QED) is 0.439. The zero-order valence-electron chi connectivity index (χ0n) is 4.07. The molecule has 0 saturated heterocycles. The van der Waals surface area contributed by atoms with Crippen molar-refractivity contribution in [3.05, 3.63) is 0 Å². The lowest BCUT2D eigenvalue weighted by molar-refractivity contribution is 0.265. The Bertz CT molecular complexity index is 32.0. The van der Waals surface area contributed by atoms with Crippen LogP contribution in [0.3, 0.4) is 0 Å². The van der Waals surface area contributed by atoms with E-state index in [0.717, 1.165) is 0 Å². The van der Waals surface area contributed by atoms with E-state index in [1.807, 2.05) is 13.8 Å².